The van der Waals surface area contributed by atoms with Crippen LogP contribution in [0.3, 0.4) is 0 Å². The maximum atomic E-state index is 9.89. The van der Waals surface area contributed by atoms with Crippen LogP contribution in [0, 0.1) is 4.91 Å². The largest absolute Gasteiger partial charge is 0.249 e. The average molecular weight is 127 g/mol. The number of rotatable bonds is 3. The molecule has 0 rings (SSSR count). The second kappa shape index (κ2) is 3.77. The molecular formula is C5H9N3O. The zero-order chi connectivity index (χ0) is 7.28. The Bertz CT molecular complexity index is 141. The van der Waals surface area contributed by atoms with Crippen molar-refractivity contribution in [2.75, 3.05) is 7.05 Å². The summed E-state index contributed by atoms with van der Waals surface area (Å²) in [5, 5.41) is 7.43. The molecule has 0 aliphatic rings. The summed E-state index contributed by atoms with van der Waals surface area (Å²) >= 11 is 0. The lowest BCUT2D eigenvalue weighted by Crippen LogP contribution is -2.06. The Kier molecular flexibility index (Phi) is 3.27. The van der Waals surface area contributed by atoms with Gasteiger partial charge in [0.15, 0.2) is 5.82 Å². The normalized spacial score (nSPS) is 10.7. The van der Waals surface area contributed by atoms with Gasteiger partial charge in [-0.3, -0.25) is 0 Å². The molecule has 0 aromatic heterocycles. The zero-order valence-electron chi connectivity index (χ0n) is 5.53. The summed E-state index contributed by atoms with van der Waals surface area (Å²) in [5.74, 6) is 0.269. The Morgan fingerprint density at radius 2 is 2.33 bits per heavy atom. The minimum atomic E-state index is 0.269. The predicted octanol–water partition coefficient (Wildman–Crippen LogP) is 1.16. The predicted molar refractivity (Wildman–Crippen MR) is 36.9 cm³/mol. The quantitative estimate of drug-likeness (QED) is 0.324. The highest BCUT2D eigenvalue weighted by molar-refractivity contribution is 5.23. The number of hydrogen-bond donors (Lipinski definition) is 0. The van der Waals surface area contributed by atoms with Gasteiger partial charge in [0.2, 0.25) is 0 Å². The lowest BCUT2D eigenvalue weighted by molar-refractivity contribution is 0.444. The van der Waals surface area contributed by atoms with Crippen molar-refractivity contribution in [1.82, 2.24) is 5.01 Å². The van der Waals surface area contributed by atoms with Crippen molar-refractivity contribution in [2.45, 2.75) is 6.92 Å². The molecule has 0 spiro atoms. The Morgan fingerprint density at radius 3 is 2.44 bits per heavy atom. The van der Waals surface area contributed by atoms with Gasteiger partial charge in [-0.2, -0.15) is 5.10 Å². The molecule has 0 N–H and O–H groups in total. The van der Waals surface area contributed by atoms with Gasteiger partial charge in [0.05, 0.1) is 0 Å². The average Bonchev–Trinajstić information content (AvgIpc) is 1.90. The summed E-state index contributed by atoms with van der Waals surface area (Å²) < 4.78 is 0. The van der Waals surface area contributed by atoms with Crippen molar-refractivity contribution >= 4 is 6.72 Å². The molecule has 0 aliphatic carbocycles. The summed E-state index contributed by atoms with van der Waals surface area (Å²) in [6, 6.07) is 0. The molecule has 0 aliphatic heterocycles. The molecule has 0 saturated heterocycles. The van der Waals surface area contributed by atoms with Gasteiger partial charge < -0.3 is 0 Å². The van der Waals surface area contributed by atoms with Gasteiger partial charge in [0.1, 0.15) is 0 Å². The molecule has 0 aromatic rings. The summed E-state index contributed by atoms with van der Waals surface area (Å²) in [6.07, 6.45) is 1.56. The van der Waals surface area contributed by atoms with E-state index in [0.29, 0.717) is 0 Å². The van der Waals surface area contributed by atoms with Gasteiger partial charge in [-0.1, -0.05) is 0 Å². The first-order chi connectivity index (χ1) is 4.26. The molecular weight excluding hydrogens is 118 g/mol. The molecule has 4 nitrogen and oxygen atoms in total. The number of hydrogen-bond acceptors (Lipinski definition) is 4. The van der Waals surface area contributed by atoms with Crippen LogP contribution in [0.25, 0.3) is 0 Å². The van der Waals surface area contributed by atoms with Gasteiger partial charge in [0, 0.05) is 13.8 Å². The number of hydrazone groups is 1. The van der Waals surface area contributed by atoms with Crippen LogP contribution < -0.4 is 0 Å². The topological polar surface area (TPSA) is 45.0 Å². The number of nitrogens with zero attached hydrogens (tertiary/aromatic N) is 3. The third kappa shape index (κ3) is 2.03. The monoisotopic (exact) mass is 127 g/mol. The maximum absolute atomic E-state index is 9.89. The lowest BCUT2D eigenvalue weighted by Gasteiger charge is -2.06. The third-order valence-electron chi connectivity index (χ3n) is 0.895. The van der Waals surface area contributed by atoms with E-state index in [-0.39, 0.29) is 5.82 Å². The molecule has 0 unspecified atom stereocenters. The van der Waals surface area contributed by atoms with Crippen LogP contribution in [0.15, 0.2) is 22.2 Å². The van der Waals surface area contributed by atoms with Crippen molar-refractivity contribution in [2.24, 2.45) is 10.3 Å². The summed E-state index contributed by atoms with van der Waals surface area (Å²) in [5.41, 5.74) is 0. The fraction of sp³-hybridized carbons (Fsp3) is 0.400. The van der Waals surface area contributed by atoms with E-state index in [2.05, 4.69) is 17.0 Å². The van der Waals surface area contributed by atoms with Gasteiger partial charge in [0.25, 0.3) is 0 Å². The minimum Gasteiger partial charge on any atom is -0.249 e. The van der Waals surface area contributed by atoms with Crippen LogP contribution in [0.4, 0.5) is 0 Å². The fourth-order valence-electron chi connectivity index (χ4n) is 0.371. The molecule has 0 saturated carbocycles. The minimum absolute atomic E-state index is 0.269. The van der Waals surface area contributed by atoms with Crippen LogP contribution in [-0.4, -0.2) is 18.8 Å². The lowest BCUT2D eigenvalue weighted by atomic mass is 10.6. The highest BCUT2D eigenvalue weighted by Crippen LogP contribution is 2.00. The van der Waals surface area contributed by atoms with Crippen LogP contribution in [0.5, 0.6) is 0 Å². The number of allylic oxidation sites excluding steroid dienone is 1. The molecule has 0 heterocycles. The molecule has 0 fully saturated rings. The second-order valence-electron chi connectivity index (χ2n) is 1.40. The summed E-state index contributed by atoms with van der Waals surface area (Å²) in [6.45, 7) is 4.92. The third-order valence-corrected chi connectivity index (χ3v) is 0.895. The van der Waals surface area contributed by atoms with Crippen molar-refractivity contribution in [1.29, 1.82) is 0 Å². The summed E-state index contributed by atoms with van der Waals surface area (Å²) in [4.78, 5) is 9.89. The van der Waals surface area contributed by atoms with Crippen molar-refractivity contribution in [3.8, 4) is 0 Å². The standard InChI is InChI=1S/C5H9N3O/c1-4-5(7-9)8(3)6-2/h4H,2H2,1,3H3/b5-4-. The van der Waals surface area contributed by atoms with Crippen molar-refractivity contribution in [3.63, 3.8) is 0 Å². The smallest absolute Gasteiger partial charge is 0.188 e. The molecule has 9 heavy (non-hydrogen) atoms. The van der Waals surface area contributed by atoms with E-state index in [9.17, 15) is 4.91 Å². The molecule has 0 radical (unpaired) electrons. The van der Waals surface area contributed by atoms with Crippen LogP contribution in [0.2, 0.25) is 0 Å². The van der Waals surface area contributed by atoms with E-state index in [1.807, 2.05) is 0 Å². The molecule has 0 aromatic carbocycles. The first-order valence-corrected chi connectivity index (χ1v) is 2.46. The van der Waals surface area contributed by atoms with Gasteiger partial charge in [-0.25, -0.2) is 5.01 Å². The van der Waals surface area contributed by atoms with E-state index in [0.717, 1.165) is 0 Å². The Hall–Kier alpha value is -1.19. The van der Waals surface area contributed by atoms with E-state index in [4.69, 9.17) is 0 Å². The van der Waals surface area contributed by atoms with Gasteiger partial charge >= 0.3 is 0 Å². The Balaban J connectivity index is 4.11. The SMILES string of the molecule is C=NN(C)/C(=C\C)N=O. The first kappa shape index (κ1) is 7.81. The van der Waals surface area contributed by atoms with E-state index < -0.39 is 0 Å². The van der Waals surface area contributed by atoms with Crippen LogP contribution >= 0.6 is 0 Å². The molecule has 0 amide bonds. The summed E-state index contributed by atoms with van der Waals surface area (Å²) in [7, 11) is 1.60. The Morgan fingerprint density at radius 1 is 1.78 bits per heavy atom. The fourth-order valence-corrected chi connectivity index (χ4v) is 0.371. The van der Waals surface area contributed by atoms with E-state index >= 15 is 0 Å². The van der Waals surface area contributed by atoms with Gasteiger partial charge in [-0.05, 0) is 18.2 Å². The Labute approximate surface area is 53.8 Å². The van der Waals surface area contributed by atoms with E-state index in [1.54, 1.807) is 20.0 Å². The molecule has 0 atom stereocenters. The molecule has 50 valence electrons. The molecule has 4 heteroatoms. The first-order valence-electron chi connectivity index (χ1n) is 2.46. The zero-order valence-corrected chi connectivity index (χ0v) is 5.53. The number of nitroso groups, excluding NO2 is 1. The second-order valence-corrected chi connectivity index (χ2v) is 1.40. The van der Waals surface area contributed by atoms with Gasteiger partial charge in [-0.15, -0.1) is 4.91 Å². The maximum Gasteiger partial charge on any atom is 0.188 e. The van der Waals surface area contributed by atoms with Crippen LogP contribution in [0.1, 0.15) is 6.92 Å². The molecule has 0 bridgehead atoms. The highest BCUT2D eigenvalue weighted by Gasteiger charge is 1.96. The van der Waals surface area contributed by atoms with Crippen LogP contribution in [-0.2, 0) is 0 Å². The highest BCUT2D eigenvalue weighted by atomic mass is 16.3. The van der Waals surface area contributed by atoms with Crippen molar-refractivity contribution < 1.29 is 0 Å². The van der Waals surface area contributed by atoms with Crippen molar-refractivity contribution in [3.05, 3.63) is 16.8 Å². The van der Waals surface area contributed by atoms with E-state index in [1.165, 1.54) is 5.01 Å².